The maximum atomic E-state index is 12.3. The fraction of sp³-hybridized carbons (Fsp3) is 0.562. The summed E-state index contributed by atoms with van der Waals surface area (Å²) >= 11 is 0. The van der Waals surface area contributed by atoms with E-state index in [1.54, 1.807) is 7.11 Å². The molecular weight excluding hydrogens is 252 g/mol. The highest BCUT2D eigenvalue weighted by atomic mass is 16.5. The molecule has 1 amide bonds. The van der Waals surface area contributed by atoms with Gasteiger partial charge in [0.2, 0.25) is 5.91 Å². The van der Waals surface area contributed by atoms with Crippen LogP contribution in [-0.2, 0) is 14.9 Å². The monoisotopic (exact) mass is 278 g/mol. The maximum Gasteiger partial charge on any atom is 0.230 e. The second kappa shape index (κ2) is 7.90. The zero-order valence-electron chi connectivity index (χ0n) is 12.7. The number of hydrogen-bond donors (Lipinski definition) is 2. The topological polar surface area (TPSA) is 64.3 Å². The molecule has 4 nitrogen and oxygen atoms in total. The highest BCUT2D eigenvalue weighted by Crippen LogP contribution is 2.24. The van der Waals surface area contributed by atoms with Gasteiger partial charge in [-0.2, -0.15) is 0 Å². The molecule has 1 aromatic rings. The predicted octanol–water partition coefficient (Wildman–Crippen LogP) is 2.48. The van der Waals surface area contributed by atoms with Crippen molar-refractivity contribution in [3.05, 3.63) is 29.8 Å². The van der Waals surface area contributed by atoms with Crippen LogP contribution in [0.2, 0.25) is 0 Å². The molecular formula is C16H26N2O2. The molecule has 0 aliphatic heterocycles. The van der Waals surface area contributed by atoms with Crippen LogP contribution >= 0.6 is 0 Å². The number of carbonyl (C=O) groups is 1. The van der Waals surface area contributed by atoms with Crippen molar-refractivity contribution in [1.82, 2.24) is 5.32 Å². The van der Waals surface area contributed by atoms with Crippen LogP contribution in [0.25, 0.3) is 0 Å². The lowest BCUT2D eigenvalue weighted by molar-refractivity contribution is -0.125. The standard InChI is InChI=1S/C16H26N2O2/c1-16(2,13-7-9-14(17)10-8-13)15(19)18-11-5-4-6-12-20-3/h7-10H,4-6,11-12,17H2,1-3H3,(H,18,19). The van der Waals surface area contributed by atoms with Crippen molar-refractivity contribution >= 4 is 11.6 Å². The summed E-state index contributed by atoms with van der Waals surface area (Å²) in [4.78, 5) is 12.3. The Labute approximate surface area is 121 Å². The molecule has 0 atom stereocenters. The van der Waals surface area contributed by atoms with Crippen LogP contribution < -0.4 is 11.1 Å². The number of benzene rings is 1. The molecule has 0 radical (unpaired) electrons. The zero-order valence-corrected chi connectivity index (χ0v) is 12.7. The predicted molar refractivity (Wildman–Crippen MR) is 82.6 cm³/mol. The van der Waals surface area contributed by atoms with Gasteiger partial charge >= 0.3 is 0 Å². The van der Waals surface area contributed by atoms with E-state index in [4.69, 9.17) is 10.5 Å². The number of nitrogen functional groups attached to an aromatic ring is 1. The van der Waals surface area contributed by atoms with Gasteiger partial charge in [0, 0.05) is 25.9 Å². The SMILES string of the molecule is COCCCCCNC(=O)C(C)(C)c1ccc(N)cc1. The van der Waals surface area contributed by atoms with Gasteiger partial charge in [0.05, 0.1) is 5.41 Å². The van der Waals surface area contributed by atoms with E-state index in [0.29, 0.717) is 12.2 Å². The number of rotatable bonds is 8. The van der Waals surface area contributed by atoms with Crippen molar-refractivity contribution in [2.45, 2.75) is 38.5 Å². The van der Waals surface area contributed by atoms with E-state index in [2.05, 4.69) is 5.32 Å². The molecule has 1 aromatic carbocycles. The lowest BCUT2D eigenvalue weighted by atomic mass is 9.83. The van der Waals surface area contributed by atoms with Gasteiger partial charge in [-0.15, -0.1) is 0 Å². The molecule has 0 saturated carbocycles. The highest BCUT2D eigenvalue weighted by molar-refractivity contribution is 5.87. The van der Waals surface area contributed by atoms with Crippen LogP contribution in [0, 0.1) is 0 Å². The number of carbonyl (C=O) groups excluding carboxylic acids is 1. The number of hydrogen-bond acceptors (Lipinski definition) is 3. The second-order valence-electron chi connectivity index (χ2n) is 5.56. The molecule has 0 bridgehead atoms. The van der Waals surface area contributed by atoms with E-state index >= 15 is 0 Å². The van der Waals surface area contributed by atoms with Crippen molar-refractivity contribution in [1.29, 1.82) is 0 Å². The number of nitrogens with one attached hydrogen (secondary N) is 1. The molecule has 0 aliphatic rings. The summed E-state index contributed by atoms with van der Waals surface area (Å²) in [5.74, 6) is 0.0500. The normalized spacial score (nSPS) is 11.3. The maximum absolute atomic E-state index is 12.3. The number of nitrogens with two attached hydrogens (primary N) is 1. The van der Waals surface area contributed by atoms with Crippen molar-refractivity contribution in [3.63, 3.8) is 0 Å². The third-order valence-corrected chi connectivity index (χ3v) is 3.51. The van der Waals surface area contributed by atoms with Gasteiger partial charge in [0.25, 0.3) is 0 Å². The fourth-order valence-corrected chi connectivity index (χ4v) is 2.00. The van der Waals surface area contributed by atoms with Crippen LogP contribution in [0.3, 0.4) is 0 Å². The van der Waals surface area contributed by atoms with Gasteiger partial charge in [-0.25, -0.2) is 0 Å². The van der Waals surface area contributed by atoms with E-state index < -0.39 is 5.41 Å². The van der Waals surface area contributed by atoms with Crippen LogP contribution in [0.4, 0.5) is 5.69 Å². The van der Waals surface area contributed by atoms with Crippen molar-refractivity contribution < 1.29 is 9.53 Å². The Kier molecular flexibility index (Phi) is 6.52. The van der Waals surface area contributed by atoms with Gasteiger partial charge in [-0.1, -0.05) is 12.1 Å². The van der Waals surface area contributed by atoms with Gasteiger partial charge in [0.15, 0.2) is 0 Å². The number of unbranched alkanes of at least 4 members (excludes halogenated alkanes) is 2. The number of amides is 1. The van der Waals surface area contributed by atoms with Crippen molar-refractivity contribution in [3.8, 4) is 0 Å². The van der Waals surface area contributed by atoms with Crippen LogP contribution in [0.5, 0.6) is 0 Å². The molecule has 0 saturated heterocycles. The summed E-state index contributed by atoms with van der Waals surface area (Å²) in [5.41, 5.74) is 6.82. The third kappa shape index (κ3) is 4.85. The van der Waals surface area contributed by atoms with E-state index in [1.165, 1.54) is 0 Å². The lowest BCUT2D eigenvalue weighted by Gasteiger charge is -2.24. The van der Waals surface area contributed by atoms with Crippen molar-refractivity contribution in [2.24, 2.45) is 0 Å². The number of methoxy groups -OCH3 is 1. The van der Waals surface area contributed by atoms with Gasteiger partial charge in [0.1, 0.15) is 0 Å². The Morgan fingerprint density at radius 1 is 1.20 bits per heavy atom. The van der Waals surface area contributed by atoms with Crippen molar-refractivity contribution in [2.75, 3.05) is 26.0 Å². The van der Waals surface area contributed by atoms with Crippen LogP contribution in [-0.4, -0.2) is 26.2 Å². The molecule has 0 unspecified atom stereocenters. The zero-order chi connectivity index (χ0) is 15.0. The minimum atomic E-state index is -0.541. The summed E-state index contributed by atoms with van der Waals surface area (Å²) in [5, 5.41) is 3.00. The minimum Gasteiger partial charge on any atom is -0.399 e. The summed E-state index contributed by atoms with van der Waals surface area (Å²) in [6.45, 7) is 5.35. The molecule has 0 heterocycles. The number of anilines is 1. The van der Waals surface area contributed by atoms with E-state index in [0.717, 1.165) is 31.4 Å². The Bertz CT molecular complexity index is 413. The van der Waals surface area contributed by atoms with E-state index in [1.807, 2.05) is 38.1 Å². The second-order valence-corrected chi connectivity index (χ2v) is 5.56. The summed E-state index contributed by atoms with van der Waals surface area (Å²) in [6, 6.07) is 7.48. The molecule has 0 aromatic heterocycles. The fourth-order valence-electron chi connectivity index (χ4n) is 2.00. The Morgan fingerprint density at radius 2 is 1.85 bits per heavy atom. The summed E-state index contributed by atoms with van der Waals surface area (Å²) < 4.78 is 4.99. The molecule has 0 spiro atoms. The van der Waals surface area contributed by atoms with E-state index in [-0.39, 0.29) is 5.91 Å². The average Bonchev–Trinajstić information content (AvgIpc) is 2.43. The molecule has 20 heavy (non-hydrogen) atoms. The summed E-state index contributed by atoms with van der Waals surface area (Å²) in [6.07, 6.45) is 3.08. The smallest absolute Gasteiger partial charge is 0.230 e. The molecule has 0 fully saturated rings. The Hall–Kier alpha value is -1.55. The summed E-state index contributed by atoms with van der Waals surface area (Å²) in [7, 11) is 1.71. The highest BCUT2D eigenvalue weighted by Gasteiger charge is 2.29. The molecule has 4 heteroatoms. The Morgan fingerprint density at radius 3 is 2.45 bits per heavy atom. The van der Waals surface area contributed by atoms with Gasteiger partial charge in [-0.3, -0.25) is 4.79 Å². The van der Waals surface area contributed by atoms with Gasteiger partial charge in [-0.05, 0) is 50.8 Å². The lowest BCUT2D eigenvalue weighted by Crippen LogP contribution is -2.40. The first-order valence-corrected chi connectivity index (χ1v) is 7.11. The third-order valence-electron chi connectivity index (χ3n) is 3.51. The molecule has 3 N–H and O–H groups in total. The first kappa shape index (κ1) is 16.5. The molecule has 0 aliphatic carbocycles. The van der Waals surface area contributed by atoms with E-state index in [9.17, 15) is 4.79 Å². The molecule has 112 valence electrons. The average molecular weight is 278 g/mol. The first-order valence-electron chi connectivity index (χ1n) is 7.11. The first-order chi connectivity index (χ1) is 9.48. The van der Waals surface area contributed by atoms with Crippen LogP contribution in [0.15, 0.2) is 24.3 Å². The van der Waals surface area contributed by atoms with Gasteiger partial charge < -0.3 is 15.8 Å². The molecule has 1 rings (SSSR count). The largest absolute Gasteiger partial charge is 0.399 e. The van der Waals surface area contributed by atoms with Crippen LogP contribution in [0.1, 0.15) is 38.7 Å². The quantitative estimate of drug-likeness (QED) is 0.567. The minimum absolute atomic E-state index is 0.0500. The number of ether oxygens (including phenoxy) is 1. The Balaban J connectivity index is 2.43.